The van der Waals surface area contributed by atoms with Gasteiger partial charge in [-0.15, -0.1) is 12.4 Å². The van der Waals surface area contributed by atoms with E-state index in [1.165, 1.54) is 12.1 Å². The summed E-state index contributed by atoms with van der Waals surface area (Å²) in [6.07, 6.45) is -2.63. The van der Waals surface area contributed by atoms with Crippen LogP contribution in [-0.2, 0) is 6.18 Å². The van der Waals surface area contributed by atoms with Gasteiger partial charge in [0.1, 0.15) is 0 Å². The Labute approximate surface area is 119 Å². The van der Waals surface area contributed by atoms with Crippen LogP contribution < -0.4 is 0 Å². The minimum Gasteiger partial charge on any atom is -0.233 e. The molecule has 2 nitrogen and oxygen atoms in total. The summed E-state index contributed by atoms with van der Waals surface area (Å²) in [7, 11) is 0. The van der Waals surface area contributed by atoms with Crippen molar-refractivity contribution in [3.63, 3.8) is 0 Å². The van der Waals surface area contributed by atoms with Gasteiger partial charge >= 0.3 is 6.18 Å². The van der Waals surface area contributed by atoms with E-state index in [-0.39, 0.29) is 12.4 Å². The largest absolute Gasteiger partial charge is 0.416 e. The van der Waals surface area contributed by atoms with Crippen molar-refractivity contribution in [1.29, 1.82) is 0 Å². The molecule has 6 heteroatoms. The third-order valence-corrected chi connectivity index (χ3v) is 2.92. The molecule has 0 fully saturated rings. The summed E-state index contributed by atoms with van der Waals surface area (Å²) in [5.41, 5.74) is 0.809. The van der Waals surface area contributed by atoms with Gasteiger partial charge < -0.3 is 0 Å². The summed E-state index contributed by atoms with van der Waals surface area (Å²) in [5, 5.41) is 5.14. The van der Waals surface area contributed by atoms with Gasteiger partial charge in [0.05, 0.1) is 23.0 Å². The standard InChI is InChI=1S/C14H9F3N2.ClH/c15-14(16,17)11-5-7-12(8-6-11)19-13-4-2-1-3-10(13)9-18-19;/h1-9H;1H. The molecule has 1 aromatic heterocycles. The highest BCUT2D eigenvalue weighted by Crippen LogP contribution is 2.30. The molecule has 0 saturated carbocycles. The summed E-state index contributed by atoms with van der Waals surface area (Å²) >= 11 is 0. The van der Waals surface area contributed by atoms with Crippen LogP contribution in [0.2, 0.25) is 0 Å². The van der Waals surface area contributed by atoms with Gasteiger partial charge in [-0.05, 0) is 30.3 Å². The SMILES string of the molecule is Cl.FC(F)(F)c1ccc(-n2ncc3ccccc32)cc1. The number of fused-ring (bicyclic) bond motifs is 1. The number of alkyl halides is 3. The summed E-state index contributed by atoms with van der Waals surface area (Å²) < 4.78 is 39.1. The first-order valence-corrected chi connectivity index (χ1v) is 5.66. The van der Waals surface area contributed by atoms with Crippen LogP contribution in [0.25, 0.3) is 16.6 Å². The Kier molecular flexibility index (Phi) is 3.72. The number of hydrogen-bond acceptors (Lipinski definition) is 1. The zero-order chi connectivity index (χ0) is 13.5. The molecule has 0 atom stereocenters. The van der Waals surface area contributed by atoms with E-state index in [0.29, 0.717) is 5.69 Å². The molecule has 0 aliphatic heterocycles. The van der Waals surface area contributed by atoms with Crippen LogP contribution in [0.5, 0.6) is 0 Å². The second-order valence-corrected chi connectivity index (χ2v) is 4.16. The predicted octanol–water partition coefficient (Wildman–Crippen LogP) is 4.47. The van der Waals surface area contributed by atoms with Gasteiger partial charge in [-0.1, -0.05) is 18.2 Å². The minimum absolute atomic E-state index is 0. The molecule has 3 aromatic rings. The Morgan fingerprint density at radius 2 is 1.55 bits per heavy atom. The van der Waals surface area contributed by atoms with Crippen molar-refractivity contribution in [1.82, 2.24) is 9.78 Å². The molecule has 0 bridgehead atoms. The summed E-state index contributed by atoms with van der Waals surface area (Å²) in [6.45, 7) is 0. The van der Waals surface area contributed by atoms with Crippen LogP contribution >= 0.6 is 12.4 Å². The molecule has 0 saturated heterocycles. The maximum absolute atomic E-state index is 12.5. The van der Waals surface area contributed by atoms with E-state index in [0.717, 1.165) is 23.0 Å². The van der Waals surface area contributed by atoms with Gasteiger partial charge in [0.25, 0.3) is 0 Å². The van der Waals surface area contributed by atoms with E-state index in [9.17, 15) is 13.2 Å². The molecular weight excluding hydrogens is 289 g/mol. The first-order chi connectivity index (χ1) is 9.05. The first-order valence-electron chi connectivity index (χ1n) is 5.66. The number of aromatic nitrogens is 2. The van der Waals surface area contributed by atoms with Crippen LogP contribution in [0.1, 0.15) is 5.56 Å². The number of rotatable bonds is 1. The molecular formula is C14H10ClF3N2. The van der Waals surface area contributed by atoms with Crippen molar-refractivity contribution in [3.8, 4) is 5.69 Å². The second kappa shape index (κ2) is 5.17. The molecule has 0 spiro atoms. The highest BCUT2D eigenvalue weighted by atomic mass is 35.5. The normalized spacial score (nSPS) is 11.3. The zero-order valence-electron chi connectivity index (χ0n) is 10.1. The number of para-hydroxylation sites is 1. The van der Waals surface area contributed by atoms with Crippen LogP contribution in [-0.4, -0.2) is 9.78 Å². The van der Waals surface area contributed by atoms with Gasteiger partial charge in [0.2, 0.25) is 0 Å². The van der Waals surface area contributed by atoms with Gasteiger partial charge in [-0.25, -0.2) is 4.68 Å². The fourth-order valence-corrected chi connectivity index (χ4v) is 1.97. The maximum atomic E-state index is 12.5. The molecule has 0 radical (unpaired) electrons. The van der Waals surface area contributed by atoms with E-state index >= 15 is 0 Å². The Bertz CT molecular complexity index is 717. The summed E-state index contributed by atoms with van der Waals surface area (Å²) in [6, 6.07) is 12.5. The van der Waals surface area contributed by atoms with Crippen molar-refractivity contribution < 1.29 is 13.2 Å². The van der Waals surface area contributed by atoms with Crippen molar-refractivity contribution in [2.75, 3.05) is 0 Å². The highest BCUT2D eigenvalue weighted by molar-refractivity contribution is 5.85. The third kappa shape index (κ3) is 2.49. The third-order valence-electron chi connectivity index (χ3n) is 2.92. The van der Waals surface area contributed by atoms with Crippen molar-refractivity contribution in [3.05, 3.63) is 60.3 Å². The fourth-order valence-electron chi connectivity index (χ4n) is 1.97. The van der Waals surface area contributed by atoms with E-state index in [2.05, 4.69) is 5.10 Å². The van der Waals surface area contributed by atoms with Crippen LogP contribution in [0.3, 0.4) is 0 Å². The van der Waals surface area contributed by atoms with Crippen LogP contribution in [0.15, 0.2) is 54.7 Å². The lowest BCUT2D eigenvalue weighted by Gasteiger charge is -2.08. The monoisotopic (exact) mass is 298 g/mol. The van der Waals surface area contributed by atoms with E-state index in [4.69, 9.17) is 0 Å². The lowest BCUT2D eigenvalue weighted by molar-refractivity contribution is -0.137. The van der Waals surface area contributed by atoms with Crippen molar-refractivity contribution in [2.24, 2.45) is 0 Å². The number of hydrogen-bond donors (Lipinski definition) is 0. The van der Waals surface area contributed by atoms with Crippen LogP contribution in [0.4, 0.5) is 13.2 Å². The molecule has 1 heterocycles. The average molecular weight is 299 g/mol. The van der Waals surface area contributed by atoms with Crippen molar-refractivity contribution in [2.45, 2.75) is 6.18 Å². The first kappa shape index (κ1) is 14.4. The maximum Gasteiger partial charge on any atom is 0.416 e. The van der Waals surface area contributed by atoms with Gasteiger partial charge in [-0.3, -0.25) is 0 Å². The average Bonchev–Trinajstić information content (AvgIpc) is 2.82. The van der Waals surface area contributed by atoms with Crippen LogP contribution in [0, 0.1) is 0 Å². The Hall–Kier alpha value is -2.01. The number of nitrogens with zero attached hydrogens (tertiary/aromatic N) is 2. The lowest BCUT2D eigenvalue weighted by atomic mass is 10.2. The van der Waals surface area contributed by atoms with Gasteiger partial charge in [0.15, 0.2) is 0 Å². The molecule has 104 valence electrons. The smallest absolute Gasteiger partial charge is 0.233 e. The molecule has 3 rings (SSSR count). The summed E-state index contributed by atoms with van der Waals surface area (Å²) in [5.74, 6) is 0. The summed E-state index contributed by atoms with van der Waals surface area (Å²) in [4.78, 5) is 0. The topological polar surface area (TPSA) is 17.8 Å². The molecule has 0 N–H and O–H groups in total. The van der Waals surface area contributed by atoms with E-state index < -0.39 is 11.7 Å². The molecule has 2 aromatic carbocycles. The van der Waals surface area contributed by atoms with Crippen molar-refractivity contribution >= 4 is 23.3 Å². The molecule has 20 heavy (non-hydrogen) atoms. The lowest BCUT2D eigenvalue weighted by Crippen LogP contribution is -2.05. The zero-order valence-corrected chi connectivity index (χ0v) is 10.9. The van der Waals surface area contributed by atoms with Gasteiger partial charge in [0, 0.05) is 5.39 Å². The molecule has 0 amide bonds. The molecule has 0 aliphatic carbocycles. The Balaban J connectivity index is 0.00000147. The van der Waals surface area contributed by atoms with E-state index in [1.54, 1.807) is 10.9 Å². The molecule has 0 aliphatic rings. The Morgan fingerprint density at radius 3 is 2.20 bits per heavy atom. The molecule has 0 unspecified atom stereocenters. The fraction of sp³-hybridized carbons (Fsp3) is 0.0714. The quantitative estimate of drug-likeness (QED) is 0.648. The highest BCUT2D eigenvalue weighted by Gasteiger charge is 2.30. The number of halogens is 4. The van der Waals surface area contributed by atoms with E-state index in [1.807, 2.05) is 24.3 Å². The number of benzene rings is 2. The second-order valence-electron chi connectivity index (χ2n) is 4.16. The van der Waals surface area contributed by atoms with Gasteiger partial charge in [-0.2, -0.15) is 18.3 Å². The Morgan fingerprint density at radius 1 is 0.900 bits per heavy atom. The predicted molar refractivity (Wildman–Crippen MR) is 73.3 cm³/mol. The minimum atomic E-state index is -4.31.